The van der Waals surface area contributed by atoms with Crippen molar-refractivity contribution >= 4 is 23.2 Å². The number of hydrogen-bond acceptors (Lipinski definition) is 4. The molecule has 0 aliphatic heterocycles. The minimum absolute atomic E-state index is 0.113. The lowest BCUT2D eigenvalue weighted by atomic mass is 10.1. The maximum absolute atomic E-state index is 12.1. The quantitative estimate of drug-likeness (QED) is 0.759. The molecule has 6 heteroatoms. The molecule has 2 rings (SSSR count). The van der Waals surface area contributed by atoms with E-state index < -0.39 is 0 Å². The van der Waals surface area contributed by atoms with Crippen molar-refractivity contribution < 1.29 is 14.3 Å². The predicted molar refractivity (Wildman–Crippen MR) is 93.9 cm³/mol. The van der Waals surface area contributed by atoms with E-state index in [0.717, 1.165) is 11.1 Å². The molecule has 2 aromatic rings. The first-order valence-electron chi connectivity index (χ1n) is 7.58. The fourth-order valence-electron chi connectivity index (χ4n) is 2.19. The largest absolute Gasteiger partial charge is 0.484 e. The van der Waals surface area contributed by atoms with Crippen LogP contribution in [-0.2, 0) is 16.1 Å². The standard InChI is InChI=1S/C18H21N3O3/c1-12-16(20-13(2)22)7-4-8-17(12)21-18(23)11-24-15-6-3-5-14(9-15)10-19/h3-9H,10-11,19H2,1-2H3,(H,20,22)(H,21,23). The van der Waals surface area contributed by atoms with Gasteiger partial charge in [0.25, 0.3) is 5.91 Å². The summed E-state index contributed by atoms with van der Waals surface area (Å²) in [5, 5.41) is 5.51. The van der Waals surface area contributed by atoms with E-state index in [1.165, 1.54) is 6.92 Å². The number of benzene rings is 2. The van der Waals surface area contributed by atoms with Gasteiger partial charge in [0, 0.05) is 24.8 Å². The van der Waals surface area contributed by atoms with Gasteiger partial charge >= 0.3 is 0 Å². The Morgan fingerprint density at radius 3 is 2.42 bits per heavy atom. The van der Waals surface area contributed by atoms with E-state index in [0.29, 0.717) is 23.7 Å². The summed E-state index contributed by atoms with van der Waals surface area (Å²) in [6.45, 7) is 3.57. The van der Waals surface area contributed by atoms with E-state index in [1.807, 2.05) is 19.1 Å². The van der Waals surface area contributed by atoms with Crippen LogP contribution in [0.5, 0.6) is 5.75 Å². The van der Waals surface area contributed by atoms with Gasteiger partial charge in [-0.05, 0) is 42.3 Å². The molecule has 2 amide bonds. The average molecular weight is 327 g/mol. The Morgan fingerprint density at radius 2 is 1.75 bits per heavy atom. The van der Waals surface area contributed by atoms with Crippen LogP contribution in [-0.4, -0.2) is 18.4 Å². The van der Waals surface area contributed by atoms with Crippen LogP contribution in [0.2, 0.25) is 0 Å². The molecular weight excluding hydrogens is 306 g/mol. The first-order valence-corrected chi connectivity index (χ1v) is 7.58. The molecule has 0 saturated carbocycles. The highest BCUT2D eigenvalue weighted by molar-refractivity contribution is 5.95. The molecule has 6 nitrogen and oxygen atoms in total. The fraction of sp³-hybridized carbons (Fsp3) is 0.222. The van der Waals surface area contributed by atoms with Gasteiger partial charge in [0.1, 0.15) is 5.75 Å². The van der Waals surface area contributed by atoms with Gasteiger partial charge in [0.05, 0.1) is 0 Å². The summed E-state index contributed by atoms with van der Waals surface area (Å²) in [5.41, 5.74) is 8.59. The van der Waals surface area contributed by atoms with E-state index >= 15 is 0 Å². The summed E-state index contributed by atoms with van der Waals surface area (Å²) in [6.07, 6.45) is 0. The third kappa shape index (κ3) is 4.82. The first-order chi connectivity index (χ1) is 11.5. The van der Waals surface area contributed by atoms with Crippen molar-refractivity contribution in [3.63, 3.8) is 0 Å². The number of nitrogens with two attached hydrogens (primary N) is 1. The number of amides is 2. The highest BCUT2D eigenvalue weighted by Crippen LogP contribution is 2.23. The second-order valence-corrected chi connectivity index (χ2v) is 5.35. The van der Waals surface area contributed by atoms with Crippen LogP contribution in [0.3, 0.4) is 0 Å². The van der Waals surface area contributed by atoms with Gasteiger partial charge < -0.3 is 21.1 Å². The van der Waals surface area contributed by atoms with Crippen LogP contribution >= 0.6 is 0 Å². The number of carbonyl (C=O) groups is 2. The lowest BCUT2D eigenvalue weighted by Gasteiger charge is -2.13. The molecule has 2 aromatic carbocycles. The van der Waals surface area contributed by atoms with Crippen molar-refractivity contribution in [1.29, 1.82) is 0 Å². The monoisotopic (exact) mass is 327 g/mol. The Labute approximate surface area is 141 Å². The molecule has 0 aliphatic carbocycles. The molecule has 0 fully saturated rings. The SMILES string of the molecule is CC(=O)Nc1cccc(NC(=O)COc2cccc(CN)c2)c1C. The highest BCUT2D eigenvalue weighted by Gasteiger charge is 2.09. The summed E-state index contributed by atoms with van der Waals surface area (Å²) in [6, 6.07) is 12.6. The Hall–Kier alpha value is -2.86. The Balaban J connectivity index is 1.98. The van der Waals surface area contributed by atoms with Crippen LogP contribution in [0.1, 0.15) is 18.1 Å². The number of rotatable bonds is 6. The molecule has 0 radical (unpaired) electrons. The number of anilines is 2. The van der Waals surface area contributed by atoms with Gasteiger partial charge in [-0.1, -0.05) is 18.2 Å². The topological polar surface area (TPSA) is 93.5 Å². The van der Waals surface area contributed by atoms with Crippen LogP contribution in [0.25, 0.3) is 0 Å². The number of carbonyl (C=O) groups excluding carboxylic acids is 2. The minimum atomic E-state index is -0.281. The lowest BCUT2D eigenvalue weighted by molar-refractivity contribution is -0.118. The Bertz CT molecular complexity index is 744. The molecule has 0 bridgehead atoms. The van der Waals surface area contributed by atoms with Crippen LogP contribution < -0.4 is 21.1 Å². The zero-order valence-corrected chi connectivity index (χ0v) is 13.8. The van der Waals surface area contributed by atoms with E-state index in [2.05, 4.69) is 10.6 Å². The zero-order chi connectivity index (χ0) is 17.5. The van der Waals surface area contributed by atoms with E-state index in [-0.39, 0.29) is 18.4 Å². The summed E-state index contributed by atoms with van der Waals surface area (Å²) in [4.78, 5) is 23.3. The summed E-state index contributed by atoms with van der Waals surface area (Å²) < 4.78 is 5.48. The normalized spacial score (nSPS) is 10.1. The van der Waals surface area contributed by atoms with Crippen molar-refractivity contribution in [1.82, 2.24) is 0 Å². The smallest absolute Gasteiger partial charge is 0.262 e. The van der Waals surface area contributed by atoms with Crippen molar-refractivity contribution in [2.24, 2.45) is 5.73 Å². The third-order valence-electron chi connectivity index (χ3n) is 3.42. The van der Waals surface area contributed by atoms with Crippen LogP contribution in [0.4, 0.5) is 11.4 Å². The van der Waals surface area contributed by atoms with Gasteiger partial charge in [-0.2, -0.15) is 0 Å². The van der Waals surface area contributed by atoms with Crippen molar-refractivity contribution in [2.45, 2.75) is 20.4 Å². The molecule has 4 N–H and O–H groups in total. The maximum Gasteiger partial charge on any atom is 0.262 e. The number of hydrogen-bond donors (Lipinski definition) is 3. The van der Waals surface area contributed by atoms with Crippen LogP contribution in [0, 0.1) is 6.92 Å². The fourth-order valence-corrected chi connectivity index (χ4v) is 2.19. The number of ether oxygens (including phenoxy) is 1. The van der Waals surface area contributed by atoms with Gasteiger partial charge in [0.15, 0.2) is 6.61 Å². The Morgan fingerprint density at radius 1 is 1.08 bits per heavy atom. The van der Waals surface area contributed by atoms with E-state index in [4.69, 9.17) is 10.5 Å². The lowest BCUT2D eigenvalue weighted by Crippen LogP contribution is -2.21. The van der Waals surface area contributed by atoms with Crippen molar-refractivity contribution in [2.75, 3.05) is 17.2 Å². The minimum Gasteiger partial charge on any atom is -0.484 e. The van der Waals surface area contributed by atoms with Gasteiger partial charge in [-0.25, -0.2) is 0 Å². The highest BCUT2D eigenvalue weighted by atomic mass is 16.5. The second kappa shape index (κ2) is 8.12. The second-order valence-electron chi connectivity index (χ2n) is 5.35. The van der Waals surface area contributed by atoms with E-state index in [1.54, 1.807) is 30.3 Å². The molecule has 0 atom stereocenters. The average Bonchev–Trinajstić information content (AvgIpc) is 2.56. The molecule has 0 heterocycles. The van der Waals surface area contributed by atoms with Crippen molar-refractivity contribution in [3.05, 3.63) is 53.6 Å². The molecule has 0 spiro atoms. The molecule has 0 aliphatic rings. The summed E-state index contributed by atoms with van der Waals surface area (Å²) in [7, 11) is 0. The third-order valence-corrected chi connectivity index (χ3v) is 3.42. The molecular formula is C18H21N3O3. The maximum atomic E-state index is 12.1. The molecule has 24 heavy (non-hydrogen) atoms. The van der Waals surface area contributed by atoms with Gasteiger partial charge in [0.2, 0.25) is 5.91 Å². The zero-order valence-electron chi connectivity index (χ0n) is 13.8. The first kappa shape index (κ1) is 17.5. The molecule has 0 saturated heterocycles. The van der Waals surface area contributed by atoms with E-state index in [9.17, 15) is 9.59 Å². The molecule has 0 unspecified atom stereocenters. The number of nitrogens with one attached hydrogen (secondary N) is 2. The van der Waals surface area contributed by atoms with Crippen molar-refractivity contribution in [3.8, 4) is 5.75 Å². The summed E-state index contributed by atoms with van der Waals surface area (Å²) in [5.74, 6) is 0.151. The Kier molecular flexibility index (Phi) is 5.92. The predicted octanol–water partition coefficient (Wildman–Crippen LogP) is 2.43. The van der Waals surface area contributed by atoms with Gasteiger partial charge in [-0.3, -0.25) is 9.59 Å². The molecule has 0 aromatic heterocycles. The molecule has 126 valence electrons. The van der Waals surface area contributed by atoms with Crippen LogP contribution in [0.15, 0.2) is 42.5 Å². The summed E-state index contributed by atoms with van der Waals surface area (Å²) >= 11 is 0. The van der Waals surface area contributed by atoms with Gasteiger partial charge in [-0.15, -0.1) is 0 Å².